The van der Waals surface area contributed by atoms with Gasteiger partial charge in [0, 0.05) is 31.4 Å². The lowest BCUT2D eigenvalue weighted by Gasteiger charge is -2.33. The lowest BCUT2D eigenvalue weighted by atomic mass is 10.1. The minimum absolute atomic E-state index is 0. The fraction of sp³-hybridized carbons (Fsp3) is 0.533. The minimum Gasteiger partial charge on any atom is -0.325 e. The van der Waals surface area contributed by atoms with Gasteiger partial charge in [-0.25, -0.2) is 0 Å². The largest absolute Gasteiger partial charge is 0.325 e. The summed E-state index contributed by atoms with van der Waals surface area (Å²) in [6.07, 6.45) is 0. The van der Waals surface area contributed by atoms with Gasteiger partial charge in [-0.05, 0) is 38.0 Å². The summed E-state index contributed by atoms with van der Waals surface area (Å²) in [5.74, 6) is 0.0717. The van der Waals surface area contributed by atoms with Crippen LogP contribution in [0.25, 0.3) is 0 Å². The number of hydrogen-bond acceptors (Lipinski definition) is 3. The lowest BCUT2D eigenvalue weighted by molar-refractivity contribution is -0.118. The Kier molecular flexibility index (Phi) is 6.46. The predicted octanol–water partition coefficient (Wildman–Crippen LogP) is 1.96. The molecule has 0 bridgehead atoms. The number of nitrogens with zero attached hydrogens (tertiary/aromatic N) is 1. The van der Waals surface area contributed by atoms with E-state index < -0.39 is 0 Å². The van der Waals surface area contributed by atoms with Crippen LogP contribution in [0, 0.1) is 13.8 Å². The Morgan fingerprint density at radius 1 is 1.45 bits per heavy atom. The quantitative estimate of drug-likeness (QED) is 0.896. The molecule has 1 fully saturated rings. The van der Waals surface area contributed by atoms with Gasteiger partial charge >= 0.3 is 0 Å². The summed E-state index contributed by atoms with van der Waals surface area (Å²) in [6.45, 7) is 9.56. The van der Waals surface area contributed by atoms with Crippen molar-refractivity contribution in [3.63, 3.8) is 0 Å². The van der Waals surface area contributed by atoms with Gasteiger partial charge in [-0.3, -0.25) is 9.69 Å². The maximum atomic E-state index is 12.1. The van der Waals surface area contributed by atoms with Crippen LogP contribution in [-0.2, 0) is 4.79 Å². The maximum Gasteiger partial charge on any atom is 0.238 e. The van der Waals surface area contributed by atoms with Crippen molar-refractivity contribution in [1.82, 2.24) is 10.2 Å². The van der Waals surface area contributed by atoms with Crippen molar-refractivity contribution < 1.29 is 4.79 Å². The summed E-state index contributed by atoms with van der Waals surface area (Å²) in [6, 6.07) is 6.41. The van der Waals surface area contributed by atoms with Gasteiger partial charge in [0.2, 0.25) is 5.91 Å². The molecular weight excluding hydrogens is 274 g/mol. The van der Waals surface area contributed by atoms with Crippen LogP contribution in [0.2, 0.25) is 0 Å². The standard InChI is InChI=1S/C15H23N3O.ClH/c1-11-5-4-6-14(13(11)3)17-15(19)10-18-8-7-16-9-12(18)2;/h4-6,12,16H,7-10H2,1-3H3,(H,17,19);1H/t12-;/m1./s1. The van der Waals surface area contributed by atoms with E-state index in [1.807, 2.05) is 19.1 Å². The molecule has 2 rings (SSSR count). The first-order chi connectivity index (χ1) is 9.08. The summed E-state index contributed by atoms with van der Waals surface area (Å²) in [5.41, 5.74) is 3.27. The van der Waals surface area contributed by atoms with Crippen LogP contribution in [0.3, 0.4) is 0 Å². The van der Waals surface area contributed by atoms with Crippen molar-refractivity contribution in [3.8, 4) is 0 Å². The van der Waals surface area contributed by atoms with Crippen LogP contribution < -0.4 is 10.6 Å². The van der Waals surface area contributed by atoms with Crippen LogP contribution in [0.5, 0.6) is 0 Å². The molecule has 0 spiro atoms. The van der Waals surface area contributed by atoms with Crippen molar-refractivity contribution in [2.75, 3.05) is 31.5 Å². The van der Waals surface area contributed by atoms with Crippen molar-refractivity contribution >= 4 is 24.0 Å². The van der Waals surface area contributed by atoms with E-state index >= 15 is 0 Å². The molecule has 1 amide bonds. The van der Waals surface area contributed by atoms with Crippen LogP contribution in [-0.4, -0.2) is 43.0 Å². The zero-order valence-corrected chi connectivity index (χ0v) is 13.2. The van der Waals surface area contributed by atoms with Gasteiger partial charge in [-0.2, -0.15) is 0 Å². The first kappa shape index (κ1) is 17.0. The molecule has 0 aliphatic carbocycles. The molecule has 1 atom stereocenters. The molecule has 1 saturated heterocycles. The molecular formula is C15H24ClN3O. The third kappa shape index (κ3) is 4.20. The third-order valence-electron chi connectivity index (χ3n) is 3.86. The Bertz CT molecular complexity index is 464. The number of carbonyl (C=O) groups is 1. The third-order valence-corrected chi connectivity index (χ3v) is 3.86. The topological polar surface area (TPSA) is 44.4 Å². The molecule has 1 heterocycles. The predicted molar refractivity (Wildman–Crippen MR) is 85.7 cm³/mol. The summed E-state index contributed by atoms with van der Waals surface area (Å²) >= 11 is 0. The molecule has 5 heteroatoms. The van der Waals surface area contributed by atoms with E-state index in [-0.39, 0.29) is 18.3 Å². The Morgan fingerprint density at radius 2 is 2.20 bits per heavy atom. The number of benzene rings is 1. The van der Waals surface area contributed by atoms with Crippen molar-refractivity contribution in [2.45, 2.75) is 26.8 Å². The number of carbonyl (C=O) groups excluding carboxylic acids is 1. The maximum absolute atomic E-state index is 12.1. The summed E-state index contributed by atoms with van der Waals surface area (Å²) in [4.78, 5) is 14.3. The van der Waals surface area contributed by atoms with E-state index in [1.165, 1.54) is 5.56 Å². The zero-order valence-electron chi connectivity index (χ0n) is 12.4. The number of rotatable bonds is 3. The Labute approximate surface area is 127 Å². The van der Waals surface area contributed by atoms with E-state index in [0.29, 0.717) is 12.6 Å². The van der Waals surface area contributed by atoms with Crippen LogP contribution in [0.4, 0.5) is 5.69 Å². The normalized spacial score (nSPS) is 19.2. The van der Waals surface area contributed by atoms with Crippen molar-refractivity contribution in [1.29, 1.82) is 0 Å². The molecule has 0 saturated carbocycles. The van der Waals surface area contributed by atoms with Gasteiger partial charge in [0.05, 0.1) is 6.54 Å². The Morgan fingerprint density at radius 3 is 2.90 bits per heavy atom. The number of nitrogens with one attached hydrogen (secondary N) is 2. The fourth-order valence-electron chi connectivity index (χ4n) is 2.38. The molecule has 4 nitrogen and oxygen atoms in total. The number of aryl methyl sites for hydroxylation is 1. The van der Waals surface area contributed by atoms with Gasteiger partial charge in [0.1, 0.15) is 0 Å². The minimum atomic E-state index is 0. The first-order valence-corrected chi connectivity index (χ1v) is 6.89. The van der Waals surface area contributed by atoms with E-state index in [9.17, 15) is 4.79 Å². The summed E-state index contributed by atoms with van der Waals surface area (Å²) in [7, 11) is 0. The average Bonchev–Trinajstić information content (AvgIpc) is 2.38. The highest BCUT2D eigenvalue weighted by molar-refractivity contribution is 5.93. The van der Waals surface area contributed by atoms with Crippen LogP contribution >= 0.6 is 12.4 Å². The van der Waals surface area contributed by atoms with E-state index in [2.05, 4.69) is 35.4 Å². The monoisotopic (exact) mass is 297 g/mol. The molecule has 20 heavy (non-hydrogen) atoms. The van der Waals surface area contributed by atoms with Gasteiger partial charge in [0.25, 0.3) is 0 Å². The first-order valence-electron chi connectivity index (χ1n) is 6.89. The average molecular weight is 298 g/mol. The smallest absolute Gasteiger partial charge is 0.238 e. The van der Waals surface area contributed by atoms with Gasteiger partial charge in [-0.15, -0.1) is 12.4 Å². The van der Waals surface area contributed by atoms with Crippen molar-refractivity contribution in [3.05, 3.63) is 29.3 Å². The molecule has 1 aromatic carbocycles. The Balaban J connectivity index is 0.00000200. The highest BCUT2D eigenvalue weighted by Gasteiger charge is 2.20. The second-order valence-electron chi connectivity index (χ2n) is 5.32. The molecule has 0 unspecified atom stereocenters. The van der Waals surface area contributed by atoms with E-state index in [0.717, 1.165) is 30.9 Å². The number of anilines is 1. The summed E-state index contributed by atoms with van der Waals surface area (Å²) in [5, 5.41) is 6.35. The second kappa shape index (κ2) is 7.62. The zero-order chi connectivity index (χ0) is 13.8. The summed E-state index contributed by atoms with van der Waals surface area (Å²) < 4.78 is 0. The number of amides is 1. The van der Waals surface area contributed by atoms with Gasteiger partial charge < -0.3 is 10.6 Å². The number of piperazine rings is 1. The Hall–Kier alpha value is -1.10. The molecule has 112 valence electrons. The number of halogens is 1. The molecule has 1 aliphatic heterocycles. The lowest BCUT2D eigenvalue weighted by Crippen LogP contribution is -2.52. The molecule has 0 aromatic heterocycles. The van der Waals surface area contributed by atoms with E-state index in [4.69, 9.17) is 0 Å². The second-order valence-corrected chi connectivity index (χ2v) is 5.32. The van der Waals surface area contributed by atoms with Gasteiger partial charge in [0.15, 0.2) is 0 Å². The fourth-order valence-corrected chi connectivity index (χ4v) is 2.38. The SMILES string of the molecule is Cc1cccc(NC(=O)CN2CCNC[C@H]2C)c1C.Cl. The highest BCUT2D eigenvalue weighted by Crippen LogP contribution is 2.18. The molecule has 0 radical (unpaired) electrons. The molecule has 1 aliphatic rings. The molecule has 2 N–H and O–H groups in total. The number of hydrogen-bond donors (Lipinski definition) is 2. The van der Waals surface area contributed by atoms with E-state index in [1.54, 1.807) is 0 Å². The molecule has 1 aromatic rings. The highest BCUT2D eigenvalue weighted by atomic mass is 35.5. The van der Waals surface area contributed by atoms with Gasteiger partial charge in [-0.1, -0.05) is 12.1 Å². The van der Waals surface area contributed by atoms with Crippen LogP contribution in [0.1, 0.15) is 18.1 Å². The van der Waals surface area contributed by atoms with Crippen LogP contribution in [0.15, 0.2) is 18.2 Å². The van der Waals surface area contributed by atoms with Crippen molar-refractivity contribution in [2.24, 2.45) is 0 Å².